The zero-order valence-corrected chi connectivity index (χ0v) is 18.0. The van der Waals surface area contributed by atoms with E-state index in [1.165, 1.54) is 58.5 Å². The highest BCUT2D eigenvalue weighted by Gasteiger charge is 2.32. The molecule has 2 aliphatic carbocycles. The molecule has 0 N–H and O–H groups in total. The van der Waals surface area contributed by atoms with Gasteiger partial charge in [-0.1, -0.05) is 46.0 Å². The maximum atomic E-state index is 14.7. The van der Waals surface area contributed by atoms with Crippen LogP contribution in [0.5, 0.6) is 5.75 Å². The van der Waals surface area contributed by atoms with Gasteiger partial charge in [-0.05, 0) is 85.8 Å². The van der Waals surface area contributed by atoms with Crippen LogP contribution in [-0.4, -0.2) is 7.11 Å². The number of ether oxygens (including phenoxy) is 1. The number of hydrogen-bond donors (Lipinski definition) is 0. The molecule has 3 rings (SSSR count). The Bertz CT molecular complexity index is 626. The van der Waals surface area contributed by atoms with Crippen LogP contribution in [0, 0.1) is 29.4 Å². The van der Waals surface area contributed by atoms with E-state index < -0.39 is 11.6 Å². The summed E-state index contributed by atoms with van der Waals surface area (Å²) in [5, 5.41) is 0. The second-order valence-electron chi connectivity index (χ2n) is 9.21. The molecule has 1 aromatic rings. The Kier molecular flexibility index (Phi) is 7.77. The summed E-state index contributed by atoms with van der Waals surface area (Å²) in [6, 6.07) is 1.78. The number of benzene rings is 1. The van der Waals surface area contributed by atoms with E-state index in [-0.39, 0.29) is 5.75 Å². The summed E-state index contributed by atoms with van der Waals surface area (Å²) in [4.78, 5) is 0. The van der Waals surface area contributed by atoms with Crippen molar-refractivity contribution in [3.8, 4) is 5.75 Å². The molecule has 0 aliphatic heterocycles. The molecule has 0 unspecified atom stereocenters. The average molecular weight is 393 g/mol. The first kappa shape index (κ1) is 21.6. The van der Waals surface area contributed by atoms with Crippen LogP contribution in [0.4, 0.5) is 8.78 Å². The van der Waals surface area contributed by atoms with Gasteiger partial charge in [0.25, 0.3) is 0 Å². The smallest absolute Gasteiger partial charge is 0.200 e. The zero-order valence-electron chi connectivity index (χ0n) is 18.0. The fourth-order valence-corrected chi connectivity index (χ4v) is 5.93. The zero-order chi connectivity index (χ0) is 20.1. The molecular weight excluding hydrogens is 354 g/mol. The van der Waals surface area contributed by atoms with Gasteiger partial charge in [-0.2, -0.15) is 4.39 Å². The highest BCUT2D eigenvalue weighted by molar-refractivity contribution is 5.41. The van der Waals surface area contributed by atoms with Gasteiger partial charge >= 0.3 is 0 Å². The first-order chi connectivity index (χ1) is 13.6. The average Bonchev–Trinajstić information content (AvgIpc) is 2.73. The molecule has 0 amide bonds. The lowest BCUT2D eigenvalue weighted by Gasteiger charge is -2.38. The lowest BCUT2D eigenvalue weighted by atomic mass is 9.67. The van der Waals surface area contributed by atoms with Crippen LogP contribution in [0.3, 0.4) is 0 Å². The molecule has 1 aromatic carbocycles. The molecule has 2 aliphatic rings. The molecule has 2 saturated carbocycles. The maximum Gasteiger partial charge on any atom is 0.200 e. The highest BCUT2D eigenvalue weighted by atomic mass is 19.2. The van der Waals surface area contributed by atoms with Gasteiger partial charge in [0, 0.05) is 0 Å². The number of hydrogen-bond acceptors (Lipinski definition) is 1. The third-order valence-corrected chi connectivity index (χ3v) is 7.50. The van der Waals surface area contributed by atoms with Crippen LogP contribution in [0.15, 0.2) is 6.07 Å². The molecule has 158 valence electrons. The second-order valence-corrected chi connectivity index (χ2v) is 9.21. The van der Waals surface area contributed by atoms with Gasteiger partial charge in [-0.25, -0.2) is 4.39 Å². The molecule has 0 heterocycles. The summed E-state index contributed by atoms with van der Waals surface area (Å²) in [5.41, 5.74) is 1.59. The van der Waals surface area contributed by atoms with Crippen molar-refractivity contribution in [1.29, 1.82) is 0 Å². The minimum atomic E-state index is -0.827. The first-order valence-corrected chi connectivity index (χ1v) is 11.6. The first-order valence-electron chi connectivity index (χ1n) is 11.6. The summed E-state index contributed by atoms with van der Waals surface area (Å²) >= 11 is 0. The number of methoxy groups -OCH3 is 1. The summed E-state index contributed by atoms with van der Waals surface area (Å²) in [5.74, 6) is 1.58. The fraction of sp³-hybridized carbons (Fsp3) is 0.760. The molecule has 0 spiro atoms. The molecule has 0 atom stereocenters. The Balaban J connectivity index is 1.65. The van der Waals surface area contributed by atoms with Crippen molar-refractivity contribution in [2.75, 3.05) is 7.11 Å². The minimum Gasteiger partial charge on any atom is -0.494 e. The Morgan fingerprint density at radius 1 is 0.857 bits per heavy atom. The summed E-state index contributed by atoms with van der Waals surface area (Å²) in [6.07, 6.45) is 14.5. The largest absolute Gasteiger partial charge is 0.494 e. The minimum absolute atomic E-state index is 0.0590. The van der Waals surface area contributed by atoms with Gasteiger partial charge in [0.2, 0.25) is 5.82 Å². The van der Waals surface area contributed by atoms with Gasteiger partial charge in [-0.15, -0.1) is 0 Å². The fourth-order valence-electron chi connectivity index (χ4n) is 5.93. The van der Waals surface area contributed by atoms with Crippen molar-refractivity contribution in [2.24, 2.45) is 17.8 Å². The number of rotatable bonds is 7. The SMILES string of the molecule is CCCc1c(C2CCC(C3CCC(CCC)CC3)CC2)cc(OC)c(F)c1F. The van der Waals surface area contributed by atoms with Crippen LogP contribution in [-0.2, 0) is 6.42 Å². The van der Waals surface area contributed by atoms with Crippen LogP contribution < -0.4 is 4.74 Å². The van der Waals surface area contributed by atoms with Crippen molar-refractivity contribution in [3.05, 3.63) is 28.8 Å². The van der Waals surface area contributed by atoms with E-state index in [2.05, 4.69) is 6.92 Å². The van der Waals surface area contributed by atoms with Crippen molar-refractivity contribution in [2.45, 2.75) is 96.8 Å². The Hall–Kier alpha value is -1.12. The van der Waals surface area contributed by atoms with E-state index >= 15 is 0 Å². The number of halogens is 2. The van der Waals surface area contributed by atoms with E-state index in [1.54, 1.807) is 6.07 Å². The molecule has 0 saturated heterocycles. The summed E-state index contributed by atoms with van der Waals surface area (Å²) < 4.78 is 34.0. The Morgan fingerprint density at radius 3 is 2.00 bits per heavy atom. The van der Waals surface area contributed by atoms with Gasteiger partial charge in [0.15, 0.2) is 11.6 Å². The van der Waals surface area contributed by atoms with Crippen molar-refractivity contribution < 1.29 is 13.5 Å². The third-order valence-electron chi connectivity index (χ3n) is 7.50. The van der Waals surface area contributed by atoms with Crippen LogP contribution in [0.1, 0.15) is 102 Å². The molecule has 28 heavy (non-hydrogen) atoms. The van der Waals surface area contributed by atoms with Crippen molar-refractivity contribution >= 4 is 0 Å². The summed E-state index contributed by atoms with van der Waals surface area (Å²) in [7, 11) is 1.42. The molecule has 3 heteroatoms. The lowest BCUT2D eigenvalue weighted by Crippen LogP contribution is -2.25. The lowest BCUT2D eigenvalue weighted by molar-refractivity contribution is 0.156. The van der Waals surface area contributed by atoms with E-state index in [9.17, 15) is 8.78 Å². The molecule has 1 nitrogen and oxygen atoms in total. The van der Waals surface area contributed by atoms with E-state index in [1.807, 2.05) is 6.92 Å². The monoisotopic (exact) mass is 392 g/mol. The van der Waals surface area contributed by atoms with E-state index in [0.717, 1.165) is 42.6 Å². The van der Waals surface area contributed by atoms with Crippen molar-refractivity contribution in [1.82, 2.24) is 0 Å². The van der Waals surface area contributed by atoms with Gasteiger partial charge < -0.3 is 4.74 Å². The van der Waals surface area contributed by atoms with Crippen molar-refractivity contribution in [3.63, 3.8) is 0 Å². The van der Waals surface area contributed by atoms with E-state index in [0.29, 0.717) is 17.9 Å². The molecule has 0 aromatic heterocycles. The quantitative estimate of drug-likeness (QED) is 0.460. The molecule has 2 fully saturated rings. The summed E-state index contributed by atoms with van der Waals surface area (Å²) in [6.45, 7) is 4.32. The predicted octanol–water partition coefficient (Wildman–Crippen LogP) is 7.81. The Morgan fingerprint density at radius 2 is 1.46 bits per heavy atom. The normalized spacial score (nSPS) is 28.3. The molecular formula is C25H38F2O. The standard InChI is InChI=1S/C25H38F2O/c1-4-6-17-8-10-18(11-9-17)19-12-14-20(15-13-19)22-16-23(28-3)25(27)24(26)21(22)7-5-2/h16-20H,4-15H2,1-3H3. The van der Waals surface area contributed by atoms with E-state index in [4.69, 9.17) is 4.74 Å². The van der Waals surface area contributed by atoms with Crippen LogP contribution in [0.25, 0.3) is 0 Å². The third kappa shape index (κ3) is 4.71. The molecule has 0 radical (unpaired) electrons. The second kappa shape index (κ2) is 10.1. The Labute approximate surface area is 170 Å². The van der Waals surface area contributed by atoms with Gasteiger partial charge in [-0.3, -0.25) is 0 Å². The maximum absolute atomic E-state index is 14.7. The topological polar surface area (TPSA) is 9.23 Å². The molecule has 0 bridgehead atoms. The predicted molar refractivity (Wildman–Crippen MR) is 112 cm³/mol. The highest BCUT2D eigenvalue weighted by Crippen LogP contribution is 2.46. The van der Waals surface area contributed by atoms with Gasteiger partial charge in [0.1, 0.15) is 0 Å². The van der Waals surface area contributed by atoms with Crippen LogP contribution in [0.2, 0.25) is 0 Å². The van der Waals surface area contributed by atoms with Crippen LogP contribution >= 0.6 is 0 Å². The van der Waals surface area contributed by atoms with Gasteiger partial charge in [0.05, 0.1) is 7.11 Å².